The quantitative estimate of drug-likeness (QED) is 0.648. The molecular formula is C12H9N3. The zero-order chi connectivity index (χ0) is 10.1. The van der Waals surface area contributed by atoms with Crippen LogP contribution < -0.4 is 0 Å². The number of aromatic amines is 1. The van der Waals surface area contributed by atoms with E-state index in [1.54, 1.807) is 6.20 Å². The third kappa shape index (κ3) is 1.38. The van der Waals surface area contributed by atoms with Crippen molar-refractivity contribution in [2.75, 3.05) is 0 Å². The number of hydrogen-bond acceptors (Lipinski definition) is 2. The topological polar surface area (TPSA) is 41.6 Å². The van der Waals surface area contributed by atoms with Gasteiger partial charge in [0.2, 0.25) is 0 Å². The van der Waals surface area contributed by atoms with Crippen LogP contribution in [0.2, 0.25) is 0 Å². The minimum absolute atomic E-state index is 0.913. The van der Waals surface area contributed by atoms with Crippen LogP contribution in [0, 0.1) is 0 Å². The summed E-state index contributed by atoms with van der Waals surface area (Å²) in [6, 6.07) is 9.99. The van der Waals surface area contributed by atoms with Crippen LogP contribution in [-0.4, -0.2) is 15.0 Å². The largest absolute Gasteiger partial charge is 0.346 e. The summed E-state index contributed by atoms with van der Waals surface area (Å²) in [4.78, 5) is 11.7. The second-order valence-electron chi connectivity index (χ2n) is 3.35. The Labute approximate surface area is 86.8 Å². The Morgan fingerprint density at radius 1 is 1.07 bits per heavy atom. The van der Waals surface area contributed by atoms with Crippen LogP contribution in [-0.2, 0) is 0 Å². The van der Waals surface area contributed by atoms with E-state index in [-0.39, 0.29) is 0 Å². The van der Waals surface area contributed by atoms with Crippen LogP contribution in [0.25, 0.3) is 22.3 Å². The van der Waals surface area contributed by atoms with Crippen LogP contribution in [0.15, 0.2) is 48.9 Å². The normalized spacial score (nSPS) is 10.7. The van der Waals surface area contributed by atoms with E-state index < -0.39 is 0 Å². The molecule has 3 heterocycles. The molecule has 3 aromatic heterocycles. The molecule has 0 unspecified atom stereocenters. The first-order valence-corrected chi connectivity index (χ1v) is 4.78. The number of H-pyrrole nitrogens is 1. The van der Waals surface area contributed by atoms with Crippen molar-refractivity contribution in [3.63, 3.8) is 0 Å². The predicted molar refractivity (Wildman–Crippen MR) is 59.3 cm³/mol. The van der Waals surface area contributed by atoms with Crippen molar-refractivity contribution < 1.29 is 0 Å². The van der Waals surface area contributed by atoms with E-state index >= 15 is 0 Å². The molecule has 15 heavy (non-hydrogen) atoms. The van der Waals surface area contributed by atoms with Gasteiger partial charge in [0.1, 0.15) is 5.65 Å². The van der Waals surface area contributed by atoms with Crippen LogP contribution in [0.4, 0.5) is 0 Å². The van der Waals surface area contributed by atoms with E-state index in [2.05, 4.69) is 21.0 Å². The molecule has 0 atom stereocenters. The smallest absolute Gasteiger partial charge is 0.137 e. The first kappa shape index (κ1) is 8.17. The summed E-state index contributed by atoms with van der Waals surface area (Å²) in [5.41, 5.74) is 2.89. The van der Waals surface area contributed by atoms with E-state index in [0.717, 1.165) is 22.3 Å². The summed E-state index contributed by atoms with van der Waals surface area (Å²) in [7, 11) is 0. The summed E-state index contributed by atoms with van der Waals surface area (Å²) in [6.07, 6.45) is 5.47. The van der Waals surface area contributed by atoms with Crippen LogP contribution in [0.5, 0.6) is 0 Å². The van der Waals surface area contributed by atoms with E-state index in [9.17, 15) is 0 Å². The fraction of sp³-hybridized carbons (Fsp3) is 0. The molecule has 3 nitrogen and oxygen atoms in total. The summed E-state index contributed by atoms with van der Waals surface area (Å²) in [5, 5.41) is 1.13. The Hall–Kier alpha value is -2.16. The minimum Gasteiger partial charge on any atom is -0.346 e. The van der Waals surface area contributed by atoms with Crippen molar-refractivity contribution in [3.05, 3.63) is 48.9 Å². The highest BCUT2D eigenvalue weighted by molar-refractivity contribution is 5.78. The van der Waals surface area contributed by atoms with Crippen LogP contribution in [0.1, 0.15) is 0 Å². The fourth-order valence-corrected chi connectivity index (χ4v) is 1.61. The lowest BCUT2D eigenvalue weighted by atomic mass is 10.2. The maximum Gasteiger partial charge on any atom is 0.137 e. The summed E-state index contributed by atoms with van der Waals surface area (Å²) >= 11 is 0. The van der Waals surface area contributed by atoms with E-state index in [1.165, 1.54) is 0 Å². The summed E-state index contributed by atoms with van der Waals surface area (Å²) in [6.45, 7) is 0. The van der Waals surface area contributed by atoms with Crippen molar-refractivity contribution in [2.45, 2.75) is 0 Å². The molecule has 0 saturated carbocycles. The average molecular weight is 195 g/mol. The van der Waals surface area contributed by atoms with Crippen molar-refractivity contribution in [2.24, 2.45) is 0 Å². The van der Waals surface area contributed by atoms with Gasteiger partial charge in [-0.1, -0.05) is 0 Å². The molecule has 0 aromatic carbocycles. The second-order valence-corrected chi connectivity index (χ2v) is 3.35. The molecule has 0 aliphatic carbocycles. The molecule has 0 fully saturated rings. The number of pyridine rings is 2. The van der Waals surface area contributed by atoms with E-state index in [4.69, 9.17) is 0 Å². The fourth-order valence-electron chi connectivity index (χ4n) is 1.61. The van der Waals surface area contributed by atoms with Gasteiger partial charge in [0.05, 0.1) is 5.69 Å². The van der Waals surface area contributed by atoms with E-state index in [1.807, 2.05) is 36.7 Å². The Morgan fingerprint density at radius 3 is 2.93 bits per heavy atom. The van der Waals surface area contributed by atoms with Crippen LogP contribution in [0.3, 0.4) is 0 Å². The molecule has 3 rings (SSSR count). The Morgan fingerprint density at radius 2 is 2.07 bits per heavy atom. The van der Waals surface area contributed by atoms with Crippen LogP contribution >= 0.6 is 0 Å². The third-order valence-electron chi connectivity index (χ3n) is 2.37. The third-order valence-corrected chi connectivity index (χ3v) is 2.37. The highest BCUT2D eigenvalue weighted by Crippen LogP contribution is 2.18. The van der Waals surface area contributed by atoms with Gasteiger partial charge in [0.25, 0.3) is 0 Å². The Kier molecular flexibility index (Phi) is 1.75. The molecule has 3 aromatic rings. The minimum atomic E-state index is 0.913. The summed E-state index contributed by atoms with van der Waals surface area (Å²) in [5.74, 6) is 0. The Balaban J connectivity index is 2.19. The number of aromatic nitrogens is 3. The summed E-state index contributed by atoms with van der Waals surface area (Å²) < 4.78 is 0. The molecule has 3 heteroatoms. The number of nitrogens with zero attached hydrogens (tertiary/aromatic N) is 2. The van der Waals surface area contributed by atoms with Crippen molar-refractivity contribution >= 4 is 11.0 Å². The van der Waals surface area contributed by atoms with Gasteiger partial charge >= 0.3 is 0 Å². The zero-order valence-electron chi connectivity index (χ0n) is 8.01. The molecule has 0 amide bonds. The number of nitrogens with one attached hydrogen (secondary N) is 1. The van der Waals surface area contributed by atoms with Gasteiger partial charge in [-0.05, 0) is 30.3 Å². The SMILES string of the molecule is c1cncc(-c2ccc3cc[nH]c3n2)c1. The second kappa shape index (κ2) is 3.20. The zero-order valence-corrected chi connectivity index (χ0v) is 8.01. The standard InChI is InChI=1S/C12H9N3/c1-2-10(8-13-6-1)11-4-3-9-5-7-14-12(9)15-11/h1-8H,(H,14,15). The molecule has 72 valence electrons. The van der Waals surface area contributed by atoms with Gasteiger partial charge in [0.15, 0.2) is 0 Å². The lowest BCUT2D eigenvalue weighted by Gasteiger charge is -1.99. The van der Waals surface area contributed by atoms with Gasteiger partial charge in [-0.3, -0.25) is 4.98 Å². The molecule has 0 aliphatic rings. The average Bonchev–Trinajstić information content (AvgIpc) is 2.77. The first-order valence-electron chi connectivity index (χ1n) is 4.78. The molecule has 0 spiro atoms. The maximum atomic E-state index is 4.51. The number of rotatable bonds is 1. The number of fused-ring (bicyclic) bond motifs is 1. The Bertz CT molecular complexity index is 584. The van der Waals surface area contributed by atoms with E-state index in [0.29, 0.717) is 0 Å². The number of hydrogen-bond donors (Lipinski definition) is 1. The first-order chi connectivity index (χ1) is 7.43. The lowest BCUT2D eigenvalue weighted by molar-refractivity contribution is 1.28. The molecule has 1 N–H and O–H groups in total. The molecule has 0 radical (unpaired) electrons. The van der Waals surface area contributed by atoms with Gasteiger partial charge in [-0.15, -0.1) is 0 Å². The van der Waals surface area contributed by atoms with Gasteiger partial charge in [-0.25, -0.2) is 4.98 Å². The highest BCUT2D eigenvalue weighted by atomic mass is 14.8. The predicted octanol–water partition coefficient (Wildman–Crippen LogP) is 2.62. The molecule has 0 aliphatic heterocycles. The van der Waals surface area contributed by atoms with Gasteiger partial charge in [0, 0.05) is 29.5 Å². The van der Waals surface area contributed by atoms with Crippen molar-refractivity contribution in [3.8, 4) is 11.3 Å². The molecule has 0 saturated heterocycles. The monoisotopic (exact) mass is 195 g/mol. The molecule has 0 bridgehead atoms. The van der Waals surface area contributed by atoms with Crippen molar-refractivity contribution in [1.29, 1.82) is 0 Å². The van der Waals surface area contributed by atoms with Gasteiger partial charge in [-0.2, -0.15) is 0 Å². The molecular weight excluding hydrogens is 186 g/mol. The lowest BCUT2D eigenvalue weighted by Crippen LogP contribution is -1.84. The highest BCUT2D eigenvalue weighted by Gasteiger charge is 2.00. The van der Waals surface area contributed by atoms with Crippen molar-refractivity contribution in [1.82, 2.24) is 15.0 Å². The van der Waals surface area contributed by atoms with Gasteiger partial charge < -0.3 is 4.98 Å². The maximum absolute atomic E-state index is 4.51.